The number of ether oxygens (including phenoxy) is 2. The Morgan fingerprint density at radius 3 is 2.71 bits per heavy atom. The SMILES string of the molecule is C=C1CCC(N2Cc3cc(OC4CCCC4N4CCC(C)(OCC)CC4)ccc3C2=O)C(=O)N1. The standard InChI is InChI=1S/C27H37N3O4/c1-4-33-27(3)12-14-29(15-13-27)22-6-5-7-24(22)34-20-9-10-21-19(16-20)17-30(26(21)32)23-11-8-18(2)28-25(23)31/h9-10,16,22-24H,2,4-8,11-15,17H2,1,3H3,(H,28,31). The Labute approximate surface area is 202 Å². The van der Waals surface area contributed by atoms with Gasteiger partial charge in [0.25, 0.3) is 5.91 Å². The van der Waals surface area contributed by atoms with Crippen molar-refractivity contribution in [2.45, 2.75) is 89.1 Å². The highest BCUT2D eigenvalue weighted by molar-refractivity contribution is 6.01. The molecule has 5 rings (SSSR count). The fourth-order valence-corrected chi connectivity index (χ4v) is 6.16. The summed E-state index contributed by atoms with van der Waals surface area (Å²) in [4.78, 5) is 29.7. The molecule has 7 heteroatoms. The summed E-state index contributed by atoms with van der Waals surface area (Å²) in [5.41, 5.74) is 2.35. The average Bonchev–Trinajstić information content (AvgIpc) is 3.39. The Hall–Kier alpha value is -2.38. The van der Waals surface area contributed by atoms with Crippen LogP contribution in [-0.2, 0) is 16.1 Å². The first kappa shape index (κ1) is 23.4. The van der Waals surface area contributed by atoms with Crippen molar-refractivity contribution < 1.29 is 19.1 Å². The molecule has 1 aromatic rings. The molecule has 2 saturated heterocycles. The molecular weight excluding hydrogens is 430 g/mol. The largest absolute Gasteiger partial charge is 0.489 e. The first-order chi connectivity index (χ1) is 16.4. The summed E-state index contributed by atoms with van der Waals surface area (Å²) in [5, 5.41) is 2.80. The number of amides is 2. The van der Waals surface area contributed by atoms with E-state index >= 15 is 0 Å². The summed E-state index contributed by atoms with van der Waals surface area (Å²) in [6.07, 6.45) is 7.00. The Morgan fingerprint density at radius 1 is 1.18 bits per heavy atom. The third kappa shape index (κ3) is 4.48. The molecule has 0 spiro atoms. The maximum Gasteiger partial charge on any atom is 0.255 e. The minimum absolute atomic E-state index is 0.00107. The molecule has 1 saturated carbocycles. The van der Waals surface area contributed by atoms with Crippen LogP contribution in [0.2, 0.25) is 0 Å². The van der Waals surface area contributed by atoms with Gasteiger partial charge < -0.3 is 19.7 Å². The number of piperidine rings is 2. The number of hydrogen-bond donors (Lipinski definition) is 1. The van der Waals surface area contributed by atoms with Gasteiger partial charge in [0.1, 0.15) is 17.9 Å². The van der Waals surface area contributed by atoms with E-state index in [-0.39, 0.29) is 23.5 Å². The summed E-state index contributed by atoms with van der Waals surface area (Å²) in [6, 6.07) is 5.78. The molecule has 1 aromatic carbocycles. The quantitative estimate of drug-likeness (QED) is 0.692. The fourth-order valence-electron chi connectivity index (χ4n) is 6.16. The Balaban J connectivity index is 1.23. The number of fused-ring (bicyclic) bond motifs is 1. The topological polar surface area (TPSA) is 71.1 Å². The number of benzene rings is 1. The van der Waals surface area contributed by atoms with Gasteiger partial charge in [0.05, 0.1) is 5.60 Å². The van der Waals surface area contributed by atoms with Crippen LogP contribution in [0.4, 0.5) is 0 Å². The maximum atomic E-state index is 13.0. The van der Waals surface area contributed by atoms with Crippen LogP contribution in [-0.4, -0.2) is 65.1 Å². The summed E-state index contributed by atoms with van der Waals surface area (Å²) < 4.78 is 12.5. The van der Waals surface area contributed by atoms with Gasteiger partial charge in [0.15, 0.2) is 0 Å². The van der Waals surface area contributed by atoms with Gasteiger partial charge in [0, 0.05) is 43.5 Å². The zero-order valence-electron chi connectivity index (χ0n) is 20.5. The van der Waals surface area contributed by atoms with Crippen LogP contribution < -0.4 is 10.1 Å². The smallest absolute Gasteiger partial charge is 0.255 e. The van der Waals surface area contributed by atoms with E-state index < -0.39 is 6.04 Å². The molecule has 34 heavy (non-hydrogen) atoms. The molecule has 1 N–H and O–H groups in total. The highest BCUT2D eigenvalue weighted by atomic mass is 16.5. The minimum atomic E-state index is -0.435. The van der Waals surface area contributed by atoms with Crippen LogP contribution in [0.25, 0.3) is 0 Å². The fraction of sp³-hybridized carbons (Fsp3) is 0.630. The van der Waals surface area contributed by atoms with Crippen molar-refractivity contribution in [1.29, 1.82) is 0 Å². The van der Waals surface area contributed by atoms with Crippen LogP contribution in [0.15, 0.2) is 30.5 Å². The van der Waals surface area contributed by atoms with E-state index in [1.54, 1.807) is 4.90 Å². The minimum Gasteiger partial charge on any atom is -0.489 e. The van der Waals surface area contributed by atoms with Gasteiger partial charge in [-0.1, -0.05) is 6.58 Å². The van der Waals surface area contributed by atoms with Crippen molar-refractivity contribution in [3.8, 4) is 5.75 Å². The molecular formula is C27H37N3O4. The summed E-state index contributed by atoms with van der Waals surface area (Å²) >= 11 is 0. The van der Waals surface area contributed by atoms with E-state index in [0.717, 1.165) is 62.4 Å². The van der Waals surface area contributed by atoms with Crippen molar-refractivity contribution in [3.63, 3.8) is 0 Å². The number of hydrogen-bond acceptors (Lipinski definition) is 5. The number of likely N-dealkylation sites (tertiary alicyclic amines) is 1. The lowest BCUT2D eigenvalue weighted by atomic mass is 9.92. The zero-order chi connectivity index (χ0) is 23.9. The lowest BCUT2D eigenvalue weighted by molar-refractivity contribution is -0.126. The summed E-state index contributed by atoms with van der Waals surface area (Å²) in [6.45, 7) is 11.5. The van der Waals surface area contributed by atoms with Gasteiger partial charge in [0.2, 0.25) is 5.91 Å². The Morgan fingerprint density at radius 2 is 1.97 bits per heavy atom. The molecule has 3 aliphatic heterocycles. The summed E-state index contributed by atoms with van der Waals surface area (Å²) in [7, 11) is 0. The van der Waals surface area contributed by atoms with Crippen LogP contribution in [0.1, 0.15) is 74.7 Å². The highest BCUT2D eigenvalue weighted by Crippen LogP contribution is 2.35. The number of nitrogens with zero attached hydrogens (tertiary/aromatic N) is 2. The second-order valence-electron chi connectivity index (χ2n) is 10.5. The number of nitrogens with one attached hydrogen (secondary N) is 1. The molecule has 3 atom stereocenters. The lowest BCUT2D eigenvalue weighted by Crippen LogP contribution is -2.51. The van der Waals surface area contributed by atoms with Gasteiger partial charge in [-0.15, -0.1) is 0 Å². The zero-order valence-corrected chi connectivity index (χ0v) is 20.5. The Bertz CT molecular complexity index is 969. The first-order valence-electron chi connectivity index (χ1n) is 12.8. The Kier molecular flexibility index (Phi) is 6.42. The van der Waals surface area contributed by atoms with Crippen molar-refractivity contribution in [2.24, 2.45) is 0 Å². The molecule has 2 amide bonds. The van der Waals surface area contributed by atoms with E-state index in [4.69, 9.17) is 9.47 Å². The molecule has 1 aliphatic carbocycles. The van der Waals surface area contributed by atoms with Crippen molar-refractivity contribution in [3.05, 3.63) is 41.6 Å². The molecule has 3 heterocycles. The third-order valence-electron chi connectivity index (χ3n) is 8.13. The average molecular weight is 468 g/mol. The molecule has 3 unspecified atom stereocenters. The van der Waals surface area contributed by atoms with E-state index in [0.29, 0.717) is 31.0 Å². The number of carbonyl (C=O) groups excluding carboxylic acids is 2. The van der Waals surface area contributed by atoms with Crippen molar-refractivity contribution in [2.75, 3.05) is 19.7 Å². The van der Waals surface area contributed by atoms with E-state index in [1.165, 1.54) is 6.42 Å². The molecule has 4 aliphatic rings. The van der Waals surface area contributed by atoms with E-state index in [2.05, 4.69) is 30.6 Å². The van der Waals surface area contributed by atoms with Gasteiger partial charge in [-0.2, -0.15) is 0 Å². The van der Waals surface area contributed by atoms with Crippen LogP contribution in [0.5, 0.6) is 5.75 Å². The van der Waals surface area contributed by atoms with Crippen LogP contribution in [0, 0.1) is 0 Å². The molecule has 184 valence electrons. The normalized spacial score (nSPS) is 29.3. The second kappa shape index (κ2) is 9.34. The predicted molar refractivity (Wildman–Crippen MR) is 130 cm³/mol. The van der Waals surface area contributed by atoms with Gasteiger partial charge in [-0.25, -0.2) is 0 Å². The van der Waals surface area contributed by atoms with E-state index in [9.17, 15) is 9.59 Å². The predicted octanol–water partition coefficient (Wildman–Crippen LogP) is 3.63. The van der Waals surface area contributed by atoms with E-state index in [1.807, 2.05) is 18.2 Å². The third-order valence-corrected chi connectivity index (χ3v) is 8.13. The number of carbonyl (C=O) groups is 2. The highest BCUT2D eigenvalue weighted by Gasteiger charge is 2.40. The summed E-state index contributed by atoms with van der Waals surface area (Å²) in [5.74, 6) is 0.617. The number of rotatable bonds is 6. The molecule has 0 bridgehead atoms. The molecule has 7 nitrogen and oxygen atoms in total. The van der Waals surface area contributed by atoms with Gasteiger partial charge >= 0.3 is 0 Å². The number of allylic oxidation sites excluding steroid dienone is 1. The van der Waals surface area contributed by atoms with Crippen LogP contribution in [0.3, 0.4) is 0 Å². The second-order valence-corrected chi connectivity index (χ2v) is 10.5. The van der Waals surface area contributed by atoms with Crippen LogP contribution >= 0.6 is 0 Å². The lowest BCUT2D eigenvalue weighted by Gasteiger charge is -2.42. The molecule has 0 aromatic heterocycles. The molecule has 3 fully saturated rings. The maximum absolute atomic E-state index is 13.0. The first-order valence-corrected chi connectivity index (χ1v) is 12.8. The monoisotopic (exact) mass is 467 g/mol. The van der Waals surface area contributed by atoms with Crippen molar-refractivity contribution >= 4 is 11.8 Å². The van der Waals surface area contributed by atoms with Gasteiger partial charge in [-0.05, 0) is 82.6 Å². The van der Waals surface area contributed by atoms with Crippen molar-refractivity contribution in [1.82, 2.24) is 15.1 Å². The van der Waals surface area contributed by atoms with Gasteiger partial charge in [-0.3, -0.25) is 14.5 Å². The molecule has 0 radical (unpaired) electrons.